The highest BCUT2D eigenvalue weighted by Crippen LogP contribution is 2.35. The highest BCUT2D eigenvalue weighted by molar-refractivity contribution is 14.1. The van der Waals surface area contributed by atoms with Crippen molar-refractivity contribution in [2.24, 2.45) is 10.7 Å². The highest BCUT2D eigenvalue weighted by atomic mass is 127. The summed E-state index contributed by atoms with van der Waals surface area (Å²) in [6.45, 7) is -0.280. The van der Waals surface area contributed by atoms with Gasteiger partial charge < -0.3 is 20.7 Å². The van der Waals surface area contributed by atoms with E-state index in [9.17, 15) is 9.90 Å². The molecule has 0 aromatic rings. The topological polar surface area (TPSA) is 105 Å². The van der Waals surface area contributed by atoms with Crippen molar-refractivity contribution < 1.29 is 22.4 Å². The molecule has 94 valence electrons. The van der Waals surface area contributed by atoms with Crippen molar-refractivity contribution in [2.45, 2.75) is 24.9 Å². The Hall–Kier alpha value is -0.550. The Morgan fingerprint density at radius 2 is 2.41 bits per heavy atom. The maximum atomic E-state index is 11.8. The first-order chi connectivity index (χ1) is 7.97. The number of quaternary nitrogens is 1. The van der Waals surface area contributed by atoms with Gasteiger partial charge in [0.1, 0.15) is 18.1 Å². The van der Waals surface area contributed by atoms with Crippen LogP contribution in [0.15, 0.2) is 17.3 Å². The summed E-state index contributed by atoms with van der Waals surface area (Å²) in [6.07, 6.45) is 1.36. The van der Waals surface area contributed by atoms with Crippen molar-refractivity contribution >= 4 is 34.7 Å². The minimum absolute atomic E-state index is 0.151. The fourth-order valence-electron chi connectivity index (χ4n) is 1.81. The maximum Gasteiger partial charge on any atom is 0.458 e. The van der Waals surface area contributed by atoms with Crippen molar-refractivity contribution in [3.63, 3.8) is 0 Å². The number of nitrogens with two attached hydrogens (primary N) is 1. The molecule has 2 aliphatic rings. The highest BCUT2D eigenvalue weighted by Gasteiger charge is 2.51. The van der Waals surface area contributed by atoms with Gasteiger partial charge in [-0.2, -0.15) is 0 Å². The average molecular weight is 354 g/mol. The summed E-state index contributed by atoms with van der Waals surface area (Å²) in [5.41, 5.74) is 5.42. The van der Waals surface area contributed by atoms with Crippen LogP contribution in [0.25, 0.3) is 0 Å². The summed E-state index contributed by atoms with van der Waals surface area (Å²) in [4.78, 5) is 15.5. The normalized spacial score (nSPS) is 41.7. The summed E-state index contributed by atoms with van der Waals surface area (Å²) >= 11 is 1.89. The first-order valence-electron chi connectivity index (χ1n) is 5.07. The number of hydrogen-bond donors (Lipinski definition) is 3. The van der Waals surface area contributed by atoms with Gasteiger partial charge in [0.15, 0.2) is 0 Å². The summed E-state index contributed by atoms with van der Waals surface area (Å²) in [6, 6.07) is -0.457. The van der Waals surface area contributed by atoms with E-state index >= 15 is 0 Å². The minimum Gasteiger partial charge on any atom is -0.394 e. The van der Waals surface area contributed by atoms with Gasteiger partial charge in [-0.3, -0.25) is 0 Å². The molecule has 17 heavy (non-hydrogen) atoms. The molecule has 2 rings (SSSR count). The molecular weight excluding hydrogens is 341 g/mol. The number of amidine groups is 1. The van der Waals surface area contributed by atoms with Gasteiger partial charge in [0.05, 0.1) is 19.1 Å². The molecular formula is C9H13IN3O4+. The number of aliphatic hydroxyl groups is 2. The van der Waals surface area contributed by atoms with Gasteiger partial charge >= 0.3 is 6.03 Å². The fraction of sp³-hybridized carbons (Fsp3) is 0.556. The largest absolute Gasteiger partial charge is 0.458 e. The van der Waals surface area contributed by atoms with E-state index < -0.39 is 24.5 Å². The van der Waals surface area contributed by atoms with Gasteiger partial charge in [-0.25, -0.2) is 4.79 Å². The SMILES string of the molecule is NC1=NC(=O)[N+](I)([C@H]2C[C@H](O)[C@@H](CO)O2)C=C1. The maximum absolute atomic E-state index is 11.8. The predicted molar refractivity (Wildman–Crippen MR) is 66.8 cm³/mol. The average Bonchev–Trinajstić information content (AvgIpc) is 2.66. The number of aliphatic imine (C=N–C) groups is 1. The molecule has 0 aliphatic carbocycles. The molecule has 1 fully saturated rings. The smallest absolute Gasteiger partial charge is 0.394 e. The van der Waals surface area contributed by atoms with Crippen molar-refractivity contribution in [1.82, 2.24) is 0 Å². The van der Waals surface area contributed by atoms with E-state index in [1.54, 1.807) is 6.20 Å². The van der Waals surface area contributed by atoms with Gasteiger partial charge in [-0.05, 0) is 0 Å². The third-order valence-corrected chi connectivity index (χ3v) is 4.14. The molecule has 7 nitrogen and oxygen atoms in total. The van der Waals surface area contributed by atoms with Gasteiger partial charge in [0.25, 0.3) is 22.9 Å². The number of carbonyl (C=O) groups is 1. The second-order valence-corrected chi connectivity index (χ2v) is 5.53. The number of carbonyl (C=O) groups excluding carboxylic acids is 1. The van der Waals surface area contributed by atoms with E-state index in [1.807, 2.05) is 22.9 Å². The standard InChI is InChI=1S/C9H12IN3O4/c10-13(2-1-7(11)12-9(13)16)8-3-5(15)6(4-14)17-8/h1-2,5-6,8,14-15H,3-4H2,(H-,11,12,16)/p+1/t5-,6+,8+,13?/m0/s1. The van der Waals surface area contributed by atoms with Gasteiger partial charge in [-0.15, -0.1) is 7.69 Å². The lowest BCUT2D eigenvalue weighted by Crippen LogP contribution is -2.48. The lowest BCUT2D eigenvalue weighted by Gasteiger charge is -2.28. The first-order valence-corrected chi connectivity index (χ1v) is 6.04. The summed E-state index contributed by atoms with van der Waals surface area (Å²) < 4.78 is 5.22. The van der Waals surface area contributed by atoms with E-state index in [0.717, 1.165) is 0 Å². The van der Waals surface area contributed by atoms with Crippen molar-refractivity contribution in [3.8, 4) is 0 Å². The molecule has 4 N–H and O–H groups in total. The number of urea groups is 1. The zero-order valence-electron chi connectivity index (χ0n) is 8.86. The third kappa shape index (κ3) is 2.22. The van der Waals surface area contributed by atoms with Crippen LogP contribution in [0.3, 0.4) is 0 Å². The van der Waals surface area contributed by atoms with Crippen LogP contribution in [-0.2, 0) is 4.74 Å². The molecule has 1 saturated heterocycles. The van der Waals surface area contributed by atoms with Gasteiger partial charge in [-0.1, -0.05) is 0 Å². The van der Waals surface area contributed by atoms with Crippen LogP contribution in [0.1, 0.15) is 6.42 Å². The molecule has 0 aromatic carbocycles. The van der Waals surface area contributed by atoms with E-state index in [4.69, 9.17) is 15.6 Å². The summed E-state index contributed by atoms with van der Waals surface area (Å²) in [7, 11) is 0. The summed E-state index contributed by atoms with van der Waals surface area (Å²) in [5.74, 6) is 0.151. The number of ether oxygens (including phenoxy) is 1. The Morgan fingerprint density at radius 1 is 1.71 bits per heavy atom. The lowest BCUT2D eigenvalue weighted by atomic mass is 10.2. The summed E-state index contributed by atoms with van der Waals surface area (Å²) in [5, 5.41) is 18.6. The molecule has 2 amide bonds. The monoisotopic (exact) mass is 354 g/mol. The zero-order valence-corrected chi connectivity index (χ0v) is 11.0. The van der Waals surface area contributed by atoms with E-state index in [-0.39, 0.29) is 21.6 Å². The Balaban J connectivity index is 2.19. The van der Waals surface area contributed by atoms with E-state index in [1.165, 1.54) is 6.08 Å². The van der Waals surface area contributed by atoms with Crippen molar-refractivity contribution in [1.29, 1.82) is 0 Å². The van der Waals surface area contributed by atoms with Crippen LogP contribution < -0.4 is 5.73 Å². The van der Waals surface area contributed by atoms with Crippen LogP contribution in [-0.4, -0.2) is 49.8 Å². The molecule has 0 spiro atoms. The van der Waals surface area contributed by atoms with Crippen LogP contribution in [0.5, 0.6) is 0 Å². The van der Waals surface area contributed by atoms with Crippen LogP contribution >= 0.6 is 22.9 Å². The number of nitrogens with zero attached hydrogens (tertiary/aromatic N) is 2. The molecule has 2 heterocycles. The number of rotatable bonds is 2. The fourth-order valence-corrected chi connectivity index (χ4v) is 2.43. The molecule has 0 bridgehead atoms. The molecule has 8 heteroatoms. The second kappa shape index (κ2) is 4.61. The number of hydrogen-bond acceptors (Lipinski definition) is 5. The second-order valence-electron chi connectivity index (χ2n) is 3.94. The molecule has 0 radical (unpaired) electrons. The number of aliphatic hydroxyl groups excluding tert-OH is 2. The first kappa shape index (κ1) is 12.9. The molecule has 1 unspecified atom stereocenters. The Bertz CT molecular complexity index is 400. The minimum atomic E-state index is -0.779. The quantitative estimate of drug-likeness (QED) is 0.464. The number of halogens is 1. The third-order valence-electron chi connectivity index (χ3n) is 2.78. The van der Waals surface area contributed by atoms with Crippen LogP contribution in [0.2, 0.25) is 0 Å². The molecule has 0 aromatic heterocycles. The molecule has 0 saturated carbocycles. The van der Waals surface area contributed by atoms with Crippen molar-refractivity contribution in [2.75, 3.05) is 6.61 Å². The number of amides is 2. The van der Waals surface area contributed by atoms with Gasteiger partial charge in [0.2, 0.25) is 6.23 Å². The van der Waals surface area contributed by atoms with Crippen LogP contribution in [0, 0.1) is 0 Å². The van der Waals surface area contributed by atoms with E-state index in [0.29, 0.717) is 0 Å². The Labute approximate surface area is 112 Å². The predicted octanol–water partition coefficient (Wildman–Crippen LogP) is -0.374. The Morgan fingerprint density at radius 3 is 2.94 bits per heavy atom. The Kier molecular flexibility index (Phi) is 3.50. The zero-order chi connectivity index (χ0) is 12.6. The molecule has 4 atom stereocenters. The molecule has 2 aliphatic heterocycles. The van der Waals surface area contributed by atoms with Gasteiger partial charge in [0, 0.05) is 6.08 Å². The van der Waals surface area contributed by atoms with E-state index in [2.05, 4.69) is 4.99 Å². The van der Waals surface area contributed by atoms with Crippen molar-refractivity contribution in [3.05, 3.63) is 12.3 Å². The van der Waals surface area contributed by atoms with Crippen LogP contribution in [0.4, 0.5) is 4.79 Å². The lowest BCUT2D eigenvalue weighted by molar-refractivity contribution is -0.676.